The lowest BCUT2D eigenvalue weighted by Gasteiger charge is -2.35. The number of thioether (sulfide) groups is 1. The van der Waals surface area contributed by atoms with Gasteiger partial charge in [0, 0.05) is 32.4 Å². The molecule has 1 aromatic carbocycles. The molecule has 1 saturated heterocycles. The maximum atomic E-state index is 15.0. The van der Waals surface area contributed by atoms with Gasteiger partial charge in [0.2, 0.25) is 5.43 Å². The number of pyridine rings is 1. The molecule has 8 heteroatoms. The fraction of sp³-hybridized carbons (Fsp3) is 0.444. The predicted octanol–water partition coefficient (Wildman–Crippen LogP) is 2.32. The van der Waals surface area contributed by atoms with Crippen molar-refractivity contribution in [3.63, 3.8) is 0 Å². The summed E-state index contributed by atoms with van der Waals surface area (Å²) in [4.78, 5) is 32.5. The van der Waals surface area contributed by atoms with Crippen molar-refractivity contribution in [1.29, 1.82) is 0 Å². The summed E-state index contributed by atoms with van der Waals surface area (Å²) < 4.78 is 19.9. The Bertz CT molecular complexity index is 891. The number of carbonyl (C=O) groups is 1. The summed E-state index contributed by atoms with van der Waals surface area (Å²) in [6.45, 7) is 4.98. The average molecular weight is 379 g/mol. The maximum Gasteiger partial charge on any atom is 0.343 e. The summed E-state index contributed by atoms with van der Waals surface area (Å²) in [5, 5.41) is 0.162. The van der Waals surface area contributed by atoms with Crippen LogP contribution in [0, 0.1) is 5.82 Å². The first-order valence-electron chi connectivity index (χ1n) is 8.50. The lowest BCUT2D eigenvalue weighted by atomic mass is 10.1. The van der Waals surface area contributed by atoms with Crippen molar-refractivity contribution in [2.75, 3.05) is 51.0 Å². The number of rotatable bonds is 4. The van der Waals surface area contributed by atoms with Crippen LogP contribution in [-0.4, -0.2) is 61.9 Å². The summed E-state index contributed by atoms with van der Waals surface area (Å²) in [6, 6.07) is 1.23. The summed E-state index contributed by atoms with van der Waals surface area (Å²) in [5.74, 6) is -1.15. The quantitative estimate of drug-likeness (QED) is 0.650. The largest absolute Gasteiger partial charge is 0.462 e. The molecule has 140 valence electrons. The van der Waals surface area contributed by atoms with Gasteiger partial charge in [0.25, 0.3) is 0 Å². The topological polar surface area (TPSA) is 65.6 Å². The van der Waals surface area contributed by atoms with Gasteiger partial charge in [0.05, 0.1) is 28.1 Å². The van der Waals surface area contributed by atoms with E-state index >= 15 is 0 Å². The molecule has 0 atom stereocenters. The second-order valence-electron chi connectivity index (χ2n) is 6.21. The van der Waals surface area contributed by atoms with Gasteiger partial charge in [-0.1, -0.05) is 0 Å². The Hall–Kier alpha value is -2.06. The normalized spacial score (nSPS) is 15.5. The molecule has 0 amide bonds. The van der Waals surface area contributed by atoms with Gasteiger partial charge in [-0.25, -0.2) is 9.18 Å². The number of nitrogens with zero attached hydrogens (tertiary/aromatic N) is 2. The number of anilines is 1. The second-order valence-corrected chi connectivity index (χ2v) is 7.02. The highest BCUT2D eigenvalue weighted by Crippen LogP contribution is 2.37. The van der Waals surface area contributed by atoms with E-state index in [1.54, 1.807) is 6.92 Å². The number of esters is 1. The zero-order valence-corrected chi connectivity index (χ0v) is 15.9. The van der Waals surface area contributed by atoms with E-state index in [-0.39, 0.29) is 17.6 Å². The number of hydrogen-bond donors (Lipinski definition) is 1. The number of likely N-dealkylation sites (N-methyl/N-ethyl adjacent to an activating group) is 1. The third-order valence-electron chi connectivity index (χ3n) is 4.58. The van der Waals surface area contributed by atoms with Gasteiger partial charge < -0.3 is 19.5 Å². The van der Waals surface area contributed by atoms with E-state index < -0.39 is 17.2 Å². The molecule has 0 radical (unpaired) electrons. The van der Waals surface area contributed by atoms with E-state index in [0.717, 1.165) is 26.2 Å². The van der Waals surface area contributed by atoms with Crippen molar-refractivity contribution in [2.24, 2.45) is 0 Å². The number of nitrogens with one attached hydrogen (secondary N) is 1. The standard InChI is InChI=1S/C18H22FN3O3S/c1-4-25-18(24)12-10-20-14-11(16(12)23)9-13(19)15(17(14)26-3)22-7-5-21(2)6-8-22/h9-10H,4-8H2,1-3H3,(H,20,23). The van der Waals surface area contributed by atoms with Crippen molar-refractivity contribution in [1.82, 2.24) is 9.88 Å². The summed E-state index contributed by atoms with van der Waals surface area (Å²) in [7, 11) is 2.04. The fourth-order valence-electron chi connectivity index (χ4n) is 3.18. The van der Waals surface area contributed by atoms with E-state index in [0.29, 0.717) is 16.1 Å². The fourth-order valence-corrected chi connectivity index (χ4v) is 3.97. The van der Waals surface area contributed by atoms with Gasteiger partial charge in [-0.15, -0.1) is 11.8 Å². The van der Waals surface area contributed by atoms with Crippen LogP contribution < -0.4 is 10.3 Å². The highest BCUT2D eigenvalue weighted by atomic mass is 32.2. The van der Waals surface area contributed by atoms with Gasteiger partial charge in [-0.2, -0.15) is 0 Å². The summed E-state index contributed by atoms with van der Waals surface area (Å²) in [5.41, 5.74) is 0.429. The number of ether oxygens (including phenoxy) is 1. The van der Waals surface area contributed by atoms with Crippen LogP contribution in [0.4, 0.5) is 10.1 Å². The molecule has 1 aliphatic rings. The van der Waals surface area contributed by atoms with E-state index in [2.05, 4.69) is 9.88 Å². The Morgan fingerprint density at radius 3 is 2.65 bits per heavy atom. The predicted molar refractivity (Wildman–Crippen MR) is 102 cm³/mol. The van der Waals surface area contributed by atoms with Crippen LogP contribution in [0.2, 0.25) is 0 Å². The molecule has 2 aromatic rings. The highest BCUT2D eigenvalue weighted by Gasteiger charge is 2.24. The third kappa shape index (κ3) is 3.31. The van der Waals surface area contributed by atoms with Crippen LogP contribution in [0.1, 0.15) is 17.3 Å². The zero-order valence-electron chi connectivity index (χ0n) is 15.1. The number of aromatic nitrogens is 1. The minimum absolute atomic E-state index is 0.113. The Kier molecular flexibility index (Phi) is 5.52. The van der Waals surface area contributed by atoms with Crippen LogP contribution in [0.3, 0.4) is 0 Å². The Morgan fingerprint density at radius 1 is 1.35 bits per heavy atom. The molecule has 0 unspecified atom stereocenters. The molecule has 1 fully saturated rings. The molecular weight excluding hydrogens is 357 g/mol. The first-order chi connectivity index (χ1) is 12.5. The van der Waals surface area contributed by atoms with Crippen molar-refractivity contribution < 1.29 is 13.9 Å². The minimum Gasteiger partial charge on any atom is -0.462 e. The second kappa shape index (κ2) is 7.67. The lowest BCUT2D eigenvalue weighted by molar-refractivity contribution is 0.0524. The molecule has 0 aliphatic carbocycles. The number of benzene rings is 1. The Labute approximate surface area is 155 Å². The summed E-state index contributed by atoms with van der Waals surface area (Å²) in [6.07, 6.45) is 3.21. The number of H-pyrrole nitrogens is 1. The van der Waals surface area contributed by atoms with Crippen LogP contribution in [-0.2, 0) is 4.74 Å². The van der Waals surface area contributed by atoms with Gasteiger partial charge >= 0.3 is 5.97 Å². The first kappa shape index (κ1) is 18.7. The molecular formula is C18H22FN3O3S. The van der Waals surface area contributed by atoms with Crippen LogP contribution >= 0.6 is 11.8 Å². The van der Waals surface area contributed by atoms with Gasteiger partial charge in [-0.05, 0) is 26.3 Å². The zero-order chi connectivity index (χ0) is 18.8. The number of halogens is 1. The van der Waals surface area contributed by atoms with Crippen molar-refractivity contribution in [3.05, 3.63) is 33.9 Å². The van der Waals surface area contributed by atoms with E-state index in [1.165, 1.54) is 24.0 Å². The number of carbonyl (C=O) groups excluding carboxylic acids is 1. The first-order valence-corrected chi connectivity index (χ1v) is 9.72. The van der Waals surface area contributed by atoms with Crippen LogP contribution in [0.15, 0.2) is 22.0 Å². The molecule has 1 N–H and O–H groups in total. The van der Waals surface area contributed by atoms with Crippen molar-refractivity contribution >= 4 is 34.3 Å². The number of fused-ring (bicyclic) bond motifs is 1. The molecule has 0 bridgehead atoms. The molecule has 2 heterocycles. The average Bonchev–Trinajstić information content (AvgIpc) is 2.62. The van der Waals surface area contributed by atoms with Gasteiger partial charge in [0.1, 0.15) is 11.4 Å². The summed E-state index contributed by atoms with van der Waals surface area (Å²) >= 11 is 1.39. The van der Waals surface area contributed by atoms with Crippen LogP contribution in [0.5, 0.6) is 0 Å². The van der Waals surface area contributed by atoms with E-state index in [1.807, 2.05) is 18.2 Å². The Morgan fingerprint density at radius 2 is 2.04 bits per heavy atom. The molecule has 1 aromatic heterocycles. The molecule has 26 heavy (non-hydrogen) atoms. The van der Waals surface area contributed by atoms with E-state index in [4.69, 9.17) is 4.74 Å². The number of piperazine rings is 1. The maximum absolute atomic E-state index is 15.0. The molecule has 3 rings (SSSR count). The van der Waals surface area contributed by atoms with Crippen molar-refractivity contribution in [2.45, 2.75) is 11.8 Å². The van der Waals surface area contributed by atoms with Crippen molar-refractivity contribution in [3.8, 4) is 0 Å². The molecule has 1 aliphatic heterocycles. The molecule has 0 spiro atoms. The minimum atomic E-state index is -0.704. The SMILES string of the molecule is CCOC(=O)c1c[nH]c2c(SC)c(N3CCN(C)CC3)c(F)cc2c1=O. The van der Waals surface area contributed by atoms with E-state index in [9.17, 15) is 14.0 Å². The Balaban J connectivity index is 2.15. The van der Waals surface area contributed by atoms with Gasteiger partial charge in [0.15, 0.2) is 0 Å². The molecule has 0 saturated carbocycles. The lowest BCUT2D eigenvalue weighted by Crippen LogP contribution is -2.45. The third-order valence-corrected chi connectivity index (χ3v) is 5.38. The molecule has 6 nitrogen and oxygen atoms in total. The smallest absolute Gasteiger partial charge is 0.343 e. The number of aromatic amines is 1. The number of hydrogen-bond acceptors (Lipinski definition) is 6. The highest BCUT2D eigenvalue weighted by molar-refractivity contribution is 7.99. The van der Waals surface area contributed by atoms with Gasteiger partial charge in [-0.3, -0.25) is 4.79 Å². The van der Waals surface area contributed by atoms with Crippen LogP contribution in [0.25, 0.3) is 10.9 Å². The monoisotopic (exact) mass is 379 g/mol.